The number of halogens is 1. The Kier molecular flexibility index (Phi) is 1.92. The van der Waals surface area contributed by atoms with Crippen molar-refractivity contribution in [3.63, 3.8) is 0 Å². The highest BCUT2D eigenvalue weighted by molar-refractivity contribution is 6.32. The monoisotopic (exact) mass is 251 g/mol. The second-order valence-corrected chi connectivity index (χ2v) is 3.72. The van der Waals surface area contributed by atoms with Crippen molar-refractivity contribution < 1.29 is 0 Å². The summed E-state index contributed by atoms with van der Waals surface area (Å²) in [5, 5.41) is 10.4. The number of aromatic amines is 1. The number of nitrogens with two attached hydrogens (primary N) is 1. The smallest absolute Gasteiger partial charge is 0.348 e. The van der Waals surface area contributed by atoms with E-state index in [0.29, 0.717) is 16.5 Å². The van der Waals surface area contributed by atoms with Gasteiger partial charge in [-0.15, -0.1) is 5.10 Å². The molecule has 0 aliphatic carbocycles. The van der Waals surface area contributed by atoms with Crippen molar-refractivity contribution in [2.75, 3.05) is 5.73 Å². The Morgan fingerprint density at radius 2 is 2.29 bits per heavy atom. The molecular weight excluding hydrogens is 246 g/mol. The maximum Gasteiger partial charge on any atom is 0.348 e. The van der Waals surface area contributed by atoms with Crippen molar-refractivity contribution in [1.82, 2.24) is 29.4 Å². The predicted molar refractivity (Wildman–Crippen MR) is 60.2 cm³/mol. The number of rotatable bonds is 1. The van der Waals surface area contributed by atoms with E-state index in [2.05, 4.69) is 20.3 Å². The number of hydrogen-bond acceptors (Lipinski definition) is 5. The van der Waals surface area contributed by atoms with Gasteiger partial charge < -0.3 is 5.73 Å². The van der Waals surface area contributed by atoms with Crippen molar-refractivity contribution in [2.24, 2.45) is 0 Å². The Labute approximate surface area is 98.6 Å². The number of H-pyrrole nitrogens is 1. The molecule has 3 aromatic rings. The van der Waals surface area contributed by atoms with E-state index in [1.54, 1.807) is 6.07 Å². The lowest BCUT2D eigenvalue weighted by atomic mass is 10.5. The van der Waals surface area contributed by atoms with Gasteiger partial charge in [-0.2, -0.15) is 5.10 Å². The molecule has 0 bridgehead atoms. The minimum absolute atomic E-state index is 0.216. The van der Waals surface area contributed by atoms with Crippen LogP contribution < -0.4 is 11.4 Å². The van der Waals surface area contributed by atoms with Crippen LogP contribution in [0.2, 0.25) is 5.02 Å². The van der Waals surface area contributed by atoms with Gasteiger partial charge in [-0.25, -0.2) is 24.0 Å². The summed E-state index contributed by atoms with van der Waals surface area (Å²) in [6.07, 6.45) is 2.88. The fourth-order valence-corrected chi connectivity index (χ4v) is 1.54. The Bertz CT molecular complexity index is 735. The van der Waals surface area contributed by atoms with E-state index < -0.39 is 0 Å². The summed E-state index contributed by atoms with van der Waals surface area (Å²) in [5.41, 5.74) is 5.61. The molecule has 0 radical (unpaired) electrons. The van der Waals surface area contributed by atoms with Gasteiger partial charge in [0.2, 0.25) is 0 Å². The molecule has 0 aromatic carbocycles. The van der Waals surface area contributed by atoms with Crippen LogP contribution in [0.15, 0.2) is 23.4 Å². The van der Waals surface area contributed by atoms with E-state index in [9.17, 15) is 4.79 Å². The molecule has 0 fully saturated rings. The number of fused-ring (bicyclic) bond motifs is 1. The van der Waals surface area contributed by atoms with Crippen molar-refractivity contribution in [2.45, 2.75) is 0 Å². The molecule has 0 atom stereocenters. The van der Waals surface area contributed by atoms with Gasteiger partial charge in [-0.3, -0.25) is 0 Å². The van der Waals surface area contributed by atoms with Crippen LogP contribution >= 0.6 is 11.6 Å². The van der Waals surface area contributed by atoms with Crippen LogP contribution in [-0.2, 0) is 0 Å². The molecule has 3 N–H and O–H groups in total. The number of aromatic nitrogens is 6. The molecule has 3 aromatic heterocycles. The van der Waals surface area contributed by atoms with E-state index in [1.807, 2.05) is 0 Å². The lowest BCUT2D eigenvalue weighted by molar-refractivity contribution is 0.839. The van der Waals surface area contributed by atoms with E-state index >= 15 is 0 Å². The van der Waals surface area contributed by atoms with E-state index in [0.717, 1.165) is 0 Å². The second kappa shape index (κ2) is 3.32. The van der Waals surface area contributed by atoms with Crippen LogP contribution in [0.4, 0.5) is 5.82 Å². The van der Waals surface area contributed by atoms with Crippen LogP contribution in [-0.4, -0.2) is 29.4 Å². The van der Waals surface area contributed by atoms with Gasteiger partial charge in [0.05, 0.1) is 6.20 Å². The Hall–Kier alpha value is -2.35. The van der Waals surface area contributed by atoms with E-state index in [-0.39, 0.29) is 11.5 Å². The third-order valence-corrected chi connectivity index (χ3v) is 2.52. The van der Waals surface area contributed by atoms with Crippen molar-refractivity contribution >= 4 is 23.1 Å². The average Bonchev–Trinajstić information content (AvgIpc) is 2.84. The molecule has 0 saturated heterocycles. The summed E-state index contributed by atoms with van der Waals surface area (Å²) in [7, 11) is 0. The average molecular weight is 252 g/mol. The van der Waals surface area contributed by atoms with Crippen LogP contribution in [0.1, 0.15) is 0 Å². The first-order chi connectivity index (χ1) is 8.15. The highest BCUT2D eigenvalue weighted by atomic mass is 35.5. The zero-order chi connectivity index (χ0) is 12.0. The maximum absolute atomic E-state index is 11.2. The molecule has 9 heteroatoms. The zero-order valence-corrected chi connectivity index (χ0v) is 9.09. The highest BCUT2D eigenvalue weighted by Gasteiger charge is 2.08. The maximum atomic E-state index is 11.2. The normalized spacial score (nSPS) is 11.1. The topological polar surface area (TPSA) is 107 Å². The van der Waals surface area contributed by atoms with Gasteiger partial charge in [0.25, 0.3) is 0 Å². The van der Waals surface area contributed by atoms with Gasteiger partial charge in [0.1, 0.15) is 11.3 Å². The van der Waals surface area contributed by atoms with Crippen molar-refractivity contribution in [3.05, 3.63) is 34.1 Å². The molecule has 8 nitrogen and oxygen atoms in total. The van der Waals surface area contributed by atoms with E-state index in [4.69, 9.17) is 17.3 Å². The summed E-state index contributed by atoms with van der Waals surface area (Å²) in [4.78, 5) is 15.3. The summed E-state index contributed by atoms with van der Waals surface area (Å²) >= 11 is 5.79. The second-order valence-electron chi connectivity index (χ2n) is 3.31. The van der Waals surface area contributed by atoms with Gasteiger partial charge in [-0.1, -0.05) is 11.6 Å². The quantitative estimate of drug-likeness (QED) is 0.625. The molecule has 86 valence electrons. The molecule has 3 heterocycles. The van der Waals surface area contributed by atoms with E-state index in [1.165, 1.54) is 21.6 Å². The molecular formula is C8H6ClN7O. The predicted octanol–water partition coefficient (Wildman–Crippen LogP) is -0.161. The lowest BCUT2D eigenvalue weighted by Gasteiger charge is -1.98. The molecule has 0 aliphatic rings. The Balaban J connectivity index is 2.21. The number of hydrogen-bond donors (Lipinski definition) is 2. The van der Waals surface area contributed by atoms with Gasteiger partial charge in [0, 0.05) is 6.07 Å². The minimum atomic E-state index is -0.350. The van der Waals surface area contributed by atoms with Crippen molar-refractivity contribution in [1.29, 1.82) is 0 Å². The fraction of sp³-hybridized carbons (Fsp3) is 0. The molecule has 0 saturated carbocycles. The first-order valence-corrected chi connectivity index (χ1v) is 4.97. The standard InChI is InChI=1S/C8H6ClN7O/c9-4-2-16(14-7(4)10)5-1-6-12-13-8(17)15(6)3-11-5/h1-3H,(H2,10,14)(H,13,17). The third kappa shape index (κ3) is 1.46. The molecule has 0 unspecified atom stereocenters. The largest absolute Gasteiger partial charge is 0.381 e. The van der Waals surface area contributed by atoms with Gasteiger partial charge in [0.15, 0.2) is 17.3 Å². The molecule has 3 rings (SSSR count). The van der Waals surface area contributed by atoms with Crippen LogP contribution in [0.5, 0.6) is 0 Å². The number of nitrogens with one attached hydrogen (secondary N) is 1. The first-order valence-electron chi connectivity index (χ1n) is 4.59. The van der Waals surface area contributed by atoms with Gasteiger partial charge in [-0.05, 0) is 0 Å². The van der Waals surface area contributed by atoms with Gasteiger partial charge >= 0.3 is 5.69 Å². The SMILES string of the molecule is Nc1nn(-c2cc3n[nH]c(=O)n3cn2)cc1Cl. The lowest BCUT2D eigenvalue weighted by Crippen LogP contribution is -2.10. The number of anilines is 1. The summed E-state index contributed by atoms with van der Waals surface area (Å²) < 4.78 is 2.69. The van der Waals surface area contributed by atoms with Crippen molar-refractivity contribution in [3.8, 4) is 5.82 Å². The first kappa shape index (κ1) is 9.85. The minimum Gasteiger partial charge on any atom is -0.381 e. The Morgan fingerprint density at radius 1 is 1.47 bits per heavy atom. The summed E-state index contributed by atoms with van der Waals surface area (Å²) in [5.74, 6) is 0.683. The molecule has 0 aliphatic heterocycles. The number of nitrogens with zero attached hydrogens (tertiary/aromatic N) is 5. The Morgan fingerprint density at radius 3 is 3.00 bits per heavy atom. The molecule has 17 heavy (non-hydrogen) atoms. The molecule has 0 amide bonds. The fourth-order valence-electron chi connectivity index (χ4n) is 1.41. The summed E-state index contributed by atoms with van der Waals surface area (Å²) in [6.45, 7) is 0. The highest BCUT2D eigenvalue weighted by Crippen LogP contribution is 2.17. The summed E-state index contributed by atoms with van der Waals surface area (Å²) in [6, 6.07) is 1.58. The number of nitrogen functional groups attached to an aromatic ring is 1. The van der Waals surface area contributed by atoms with Crippen LogP contribution in [0.25, 0.3) is 11.5 Å². The molecule has 0 spiro atoms. The zero-order valence-electron chi connectivity index (χ0n) is 8.33. The van der Waals surface area contributed by atoms with Crippen LogP contribution in [0, 0.1) is 0 Å². The third-order valence-electron chi connectivity index (χ3n) is 2.23. The van der Waals surface area contributed by atoms with Crippen LogP contribution in [0.3, 0.4) is 0 Å².